The zero-order valence-corrected chi connectivity index (χ0v) is 17.6. The Morgan fingerprint density at radius 3 is 2.26 bits per heavy atom. The molecular weight excluding hydrogens is 406 g/mol. The zero-order chi connectivity index (χ0) is 19.7. The summed E-state index contributed by atoms with van der Waals surface area (Å²) in [4.78, 5) is 25.0. The summed E-state index contributed by atoms with van der Waals surface area (Å²) < 4.78 is 3.81. The lowest BCUT2D eigenvalue weighted by Crippen LogP contribution is -2.30. The van der Waals surface area contributed by atoms with Gasteiger partial charge in [0.15, 0.2) is 0 Å². The van der Waals surface area contributed by atoms with Crippen LogP contribution in [-0.2, 0) is 14.1 Å². The maximum Gasteiger partial charge on any atom is 0.328 e. The summed E-state index contributed by atoms with van der Waals surface area (Å²) in [5.74, 6) is 0.481. The molecule has 0 aliphatic carbocycles. The van der Waals surface area contributed by atoms with Crippen molar-refractivity contribution >= 4 is 32.9 Å². The number of aryl methyl sites for hydroxylation is 2. The van der Waals surface area contributed by atoms with Crippen LogP contribution in [0.25, 0.3) is 11.0 Å². The van der Waals surface area contributed by atoms with Gasteiger partial charge in [0.25, 0.3) is 5.91 Å². The lowest BCUT2D eigenvalue weighted by Gasteiger charge is -2.22. The van der Waals surface area contributed by atoms with E-state index in [-0.39, 0.29) is 17.5 Å². The van der Waals surface area contributed by atoms with Gasteiger partial charge in [-0.2, -0.15) is 0 Å². The number of halogens is 1. The van der Waals surface area contributed by atoms with Gasteiger partial charge in [0.05, 0.1) is 16.6 Å². The lowest BCUT2D eigenvalue weighted by molar-refractivity contribution is 0.0948. The normalized spacial score (nSPS) is 12.5. The highest BCUT2D eigenvalue weighted by molar-refractivity contribution is 9.10. The molecule has 1 aromatic heterocycles. The second-order valence-electron chi connectivity index (χ2n) is 7.19. The van der Waals surface area contributed by atoms with E-state index in [1.54, 1.807) is 29.3 Å². The number of nitrogens with zero attached hydrogens (tertiary/aromatic N) is 2. The molecule has 1 unspecified atom stereocenters. The molecule has 5 nitrogen and oxygen atoms in total. The Morgan fingerprint density at radius 2 is 1.67 bits per heavy atom. The number of nitrogens with one attached hydrogen (secondary N) is 1. The van der Waals surface area contributed by atoms with Crippen molar-refractivity contribution in [1.82, 2.24) is 14.5 Å². The third-order valence-corrected chi connectivity index (χ3v) is 5.78. The first kappa shape index (κ1) is 19.4. The topological polar surface area (TPSA) is 56.0 Å². The molecule has 0 radical (unpaired) electrons. The predicted octanol–water partition coefficient (Wildman–Crippen LogP) is 3.81. The number of imidazole rings is 1. The Kier molecular flexibility index (Phi) is 5.56. The number of benzene rings is 2. The summed E-state index contributed by atoms with van der Waals surface area (Å²) in [6.07, 6.45) is 0. The molecule has 6 heteroatoms. The smallest absolute Gasteiger partial charge is 0.328 e. The van der Waals surface area contributed by atoms with Gasteiger partial charge in [-0.1, -0.05) is 44.2 Å². The molecule has 0 spiro atoms. The third kappa shape index (κ3) is 3.72. The van der Waals surface area contributed by atoms with Crippen molar-refractivity contribution < 1.29 is 4.79 Å². The first-order chi connectivity index (χ1) is 12.8. The monoisotopic (exact) mass is 429 g/mol. The van der Waals surface area contributed by atoms with Gasteiger partial charge in [0.1, 0.15) is 0 Å². The van der Waals surface area contributed by atoms with Gasteiger partial charge in [0.2, 0.25) is 0 Å². The van der Waals surface area contributed by atoms with E-state index in [4.69, 9.17) is 0 Å². The fraction of sp³-hybridized carbons (Fsp3) is 0.333. The predicted molar refractivity (Wildman–Crippen MR) is 112 cm³/mol. The molecule has 142 valence electrons. The summed E-state index contributed by atoms with van der Waals surface area (Å²) in [5, 5.41) is 3.06. The van der Waals surface area contributed by atoms with Crippen molar-refractivity contribution in [2.45, 2.75) is 19.8 Å². The quantitative estimate of drug-likeness (QED) is 0.670. The van der Waals surface area contributed by atoms with E-state index < -0.39 is 0 Å². The lowest BCUT2D eigenvalue weighted by atomic mass is 9.88. The summed E-state index contributed by atoms with van der Waals surface area (Å²) in [6, 6.07) is 13.8. The minimum atomic E-state index is -0.151. The molecule has 0 fully saturated rings. The second kappa shape index (κ2) is 7.72. The van der Waals surface area contributed by atoms with Crippen molar-refractivity contribution in [3.8, 4) is 0 Å². The fourth-order valence-electron chi connectivity index (χ4n) is 3.43. The number of amides is 1. The van der Waals surface area contributed by atoms with Crippen LogP contribution >= 0.6 is 15.9 Å². The highest BCUT2D eigenvalue weighted by Crippen LogP contribution is 2.26. The Bertz CT molecular complexity index is 1040. The van der Waals surface area contributed by atoms with E-state index in [1.165, 1.54) is 5.56 Å². The minimum Gasteiger partial charge on any atom is -0.351 e. The number of hydrogen-bond acceptors (Lipinski definition) is 2. The summed E-state index contributed by atoms with van der Waals surface area (Å²) in [6.45, 7) is 4.87. The van der Waals surface area contributed by atoms with Crippen LogP contribution in [0.15, 0.2) is 51.7 Å². The third-order valence-electron chi connectivity index (χ3n) is 5.12. The average molecular weight is 430 g/mol. The fourth-order valence-corrected chi connectivity index (χ4v) is 3.94. The Hall–Kier alpha value is -2.34. The molecule has 0 aliphatic heterocycles. The van der Waals surface area contributed by atoms with Gasteiger partial charge >= 0.3 is 5.69 Å². The van der Waals surface area contributed by atoms with Gasteiger partial charge in [0, 0.05) is 31.0 Å². The molecule has 2 aromatic carbocycles. The molecule has 0 bridgehead atoms. The van der Waals surface area contributed by atoms with E-state index in [2.05, 4.69) is 47.2 Å². The Labute approximate surface area is 167 Å². The van der Waals surface area contributed by atoms with Crippen LogP contribution in [0.1, 0.15) is 35.7 Å². The molecular formula is C21H24BrN3O2. The van der Waals surface area contributed by atoms with Crippen LogP contribution in [0.4, 0.5) is 0 Å². The average Bonchev–Trinajstić information content (AvgIpc) is 2.85. The van der Waals surface area contributed by atoms with Crippen LogP contribution in [0.5, 0.6) is 0 Å². The molecule has 1 heterocycles. The summed E-state index contributed by atoms with van der Waals surface area (Å²) in [5.41, 5.74) is 3.15. The van der Waals surface area contributed by atoms with E-state index in [9.17, 15) is 9.59 Å². The number of rotatable bonds is 5. The second-order valence-corrected chi connectivity index (χ2v) is 8.05. The first-order valence-corrected chi connectivity index (χ1v) is 9.78. The SMILES string of the molecule is CC(C)C(CNC(=O)c1cc2c(cc1Br)n(C)c(=O)n2C)c1ccccc1. The van der Waals surface area contributed by atoms with Gasteiger partial charge in [-0.25, -0.2) is 4.79 Å². The molecule has 27 heavy (non-hydrogen) atoms. The molecule has 1 amide bonds. The molecule has 0 saturated carbocycles. The van der Waals surface area contributed by atoms with Crippen molar-refractivity contribution in [3.63, 3.8) is 0 Å². The number of carbonyl (C=O) groups excluding carboxylic acids is 1. The van der Waals surface area contributed by atoms with Crippen LogP contribution in [0, 0.1) is 5.92 Å². The van der Waals surface area contributed by atoms with E-state index in [0.29, 0.717) is 22.5 Å². The molecule has 1 N–H and O–H groups in total. The van der Waals surface area contributed by atoms with Crippen molar-refractivity contribution in [2.24, 2.45) is 20.0 Å². The number of carbonyl (C=O) groups is 1. The molecule has 0 aliphatic rings. The number of aromatic nitrogens is 2. The first-order valence-electron chi connectivity index (χ1n) is 8.99. The van der Waals surface area contributed by atoms with Crippen molar-refractivity contribution in [1.29, 1.82) is 0 Å². The zero-order valence-electron chi connectivity index (χ0n) is 16.0. The van der Waals surface area contributed by atoms with E-state index in [0.717, 1.165) is 11.0 Å². The minimum absolute atomic E-state index is 0.113. The van der Waals surface area contributed by atoms with Crippen LogP contribution in [0.2, 0.25) is 0 Å². The van der Waals surface area contributed by atoms with Crippen LogP contribution < -0.4 is 11.0 Å². The number of fused-ring (bicyclic) bond motifs is 1. The maximum atomic E-state index is 12.8. The van der Waals surface area contributed by atoms with Gasteiger partial charge in [-0.05, 0) is 39.5 Å². The van der Waals surface area contributed by atoms with Crippen LogP contribution in [-0.4, -0.2) is 21.6 Å². The maximum absolute atomic E-state index is 12.8. The van der Waals surface area contributed by atoms with Gasteiger partial charge < -0.3 is 5.32 Å². The van der Waals surface area contributed by atoms with E-state index in [1.807, 2.05) is 24.3 Å². The summed E-state index contributed by atoms with van der Waals surface area (Å²) >= 11 is 3.48. The van der Waals surface area contributed by atoms with Crippen molar-refractivity contribution in [3.05, 3.63) is 68.5 Å². The molecule has 3 rings (SSSR count). The molecule has 1 atom stereocenters. The Morgan fingerprint density at radius 1 is 1.07 bits per heavy atom. The highest BCUT2D eigenvalue weighted by Gasteiger charge is 2.19. The van der Waals surface area contributed by atoms with Crippen LogP contribution in [0.3, 0.4) is 0 Å². The molecule has 3 aromatic rings. The van der Waals surface area contributed by atoms with E-state index >= 15 is 0 Å². The van der Waals surface area contributed by atoms with Gasteiger partial charge in [-0.15, -0.1) is 0 Å². The highest BCUT2D eigenvalue weighted by atomic mass is 79.9. The largest absolute Gasteiger partial charge is 0.351 e. The Balaban J connectivity index is 1.86. The summed E-state index contributed by atoms with van der Waals surface area (Å²) in [7, 11) is 3.44. The van der Waals surface area contributed by atoms with Gasteiger partial charge in [-0.3, -0.25) is 13.9 Å². The number of hydrogen-bond donors (Lipinski definition) is 1. The standard InChI is InChI=1S/C21H24BrN3O2/c1-13(2)16(14-8-6-5-7-9-14)12-23-20(26)15-10-18-19(11-17(15)22)25(4)21(27)24(18)3/h5-11,13,16H,12H2,1-4H3,(H,23,26). The van der Waals surface area contributed by atoms with Crippen molar-refractivity contribution in [2.75, 3.05) is 6.54 Å². The molecule has 0 saturated heterocycles.